The van der Waals surface area contributed by atoms with Crippen molar-refractivity contribution >= 4 is 16.6 Å². The molecule has 1 heterocycles. The number of pyridine rings is 1. The molecule has 1 aromatic carbocycles. The predicted molar refractivity (Wildman–Crippen MR) is 89.7 cm³/mol. The third-order valence-corrected chi connectivity index (χ3v) is 3.22. The third kappa shape index (κ3) is 3.42. The van der Waals surface area contributed by atoms with Gasteiger partial charge in [-0.1, -0.05) is 18.2 Å². The van der Waals surface area contributed by atoms with E-state index in [1.165, 1.54) is 0 Å². The summed E-state index contributed by atoms with van der Waals surface area (Å²) in [5, 5.41) is 14.2. The molecule has 0 saturated heterocycles. The largest absolute Gasteiger partial charge is 0.486 e. The van der Waals surface area contributed by atoms with Crippen LogP contribution < -0.4 is 15.6 Å². The van der Waals surface area contributed by atoms with Gasteiger partial charge in [0.15, 0.2) is 11.6 Å². The summed E-state index contributed by atoms with van der Waals surface area (Å²) in [6, 6.07) is 7.35. The van der Waals surface area contributed by atoms with Crippen LogP contribution in [-0.2, 0) is 7.05 Å². The van der Waals surface area contributed by atoms with Gasteiger partial charge in [-0.05, 0) is 33.8 Å². The molecule has 0 aliphatic carbocycles. The fraction of sp³-hybridized carbons (Fsp3) is 0.471. The van der Waals surface area contributed by atoms with Gasteiger partial charge in [-0.15, -0.1) is 0 Å². The monoisotopic (exact) mass is 304 g/mol. The zero-order chi connectivity index (χ0) is 16.5. The molecular weight excluding hydrogens is 280 g/mol. The maximum atomic E-state index is 12.5. The Morgan fingerprint density at radius 3 is 2.41 bits per heavy atom. The molecule has 0 aliphatic rings. The van der Waals surface area contributed by atoms with Crippen molar-refractivity contribution in [2.45, 2.75) is 39.3 Å². The number of fused-ring (bicyclic) bond motifs is 1. The Morgan fingerprint density at radius 2 is 1.86 bits per heavy atom. The number of nitrogens with zero attached hydrogens (tertiary/aromatic N) is 1. The van der Waals surface area contributed by atoms with E-state index >= 15 is 0 Å². The molecule has 0 bridgehead atoms. The second kappa shape index (κ2) is 6.01. The predicted octanol–water partition coefficient (Wildman–Crippen LogP) is 2.51. The van der Waals surface area contributed by atoms with Gasteiger partial charge in [0.1, 0.15) is 6.61 Å². The molecule has 2 aromatic rings. The zero-order valence-corrected chi connectivity index (χ0v) is 13.8. The van der Waals surface area contributed by atoms with Crippen LogP contribution in [0.4, 0.5) is 5.82 Å². The molecule has 0 spiro atoms. The maximum absolute atomic E-state index is 12.5. The number of aromatic nitrogens is 1. The molecule has 0 aliphatic heterocycles. The molecule has 1 aromatic heterocycles. The number of nitrogens with one attached hydrogen (secondary N) is 1. The van der Waals surface area contributed by atoms with Crippen molar-refractivity contribution in [2.75, 3.05) is 11.9 Å². The lowest BCUT2D eigenvalue weighted by molar-refractivity contribution is 0.123. The standard InChI is InChI=1S/C17H24N2O3/c1-11(20)10-22-14-12-8-6-7-9-13(12)16(21)19(5)15(14)18-17(2,3)4/h6-9,11,18,20H,10H2,1-5H3. The number of aliphatic hydroxyl groups is 1. The van der Waals surface area contributed by atoms with E-state index < -0.39 is 6.10 Å². The van der Waals surface area contributed by atoms with Crippen molar-refractivity contribution in [2.24, 2.45) is 7.05 Å². The van der Waals surface area contributed by atoms with Gasteiger partial charge in [0, 0.05) is 18.0 Å². The number of ether oxygens (including phenoxy) is 1. The average molecular weight is 304 g/mol. The first-order valence-electron chi connectivity index (χ1n) is 7.41. The topological polar surface area (TPSA) is 63.5 Å². The van der Waals surface area contributed by atoms with Gasteiger partial charge in [0.05, 0.1) is 11.5 Å². The molecule has 120 valence electrons. The summed E-state index contributed by atoms with van der Waals surface area (Å²) in [5.74, 6) is 1.21. The lowest BCUT2D eigenvalue weighted by Crippen LogP contribution is -2.32. The van der Waals surface area contributed by atoms with Crippen molar-refractivity contribution in [3.63, 3.8) is 0 Å². The highest BCUT2D eigenvalue weighted by Gasteiger charge is 2.20. The molecule has 0 amide bonds. The molecule has 5 heteroatoms. The van der Waals surface area contributed by atoms with E-state index in [4.69, 9.17) is 4.74 Å². The Labute approximate surface area is 130 Å². The van der Waals surface area contributed by atoms with Crippen LogP contribution in [0.5, 0.6) is 5.75 Å². The fourth-order valence-electron chi connectivity index (χ4n) is 2.28. The molecule has 0 radical (unpaired) electrons. The first kappa shape index (κ1) is 16.4. The van der Waals surface area contributed by atoms with E-state index in [1.54, 1.807) is 24.6 Å². The van der Waals surface area contributed by atoms with Gasteiger partial charge in [-0.2, -0.15) is 0 Å². The molecule has 5 nitrogen and oxygen atoms in total. The van der Waals surface area contributed by atoms with Crippen LogP contribution >= 0.6 is 0 Å². The first-order chi connectivity index (χ1) is 10.2. The Hall–Kier alpha value is -2.01. The number of hydrogen-bond acceptors (Lipinski definition) is 4. The van der Waals surface area contributed by atoms with E-state index in [0.29, 0.717) is 17.0 Å². The van der Waals surface area contributed by atoms with Gasteiger partial charge >= 0.3 is 0 Å². The minimum absolute atomic E-state index is 0.0771. The average Bonchev–Trinajstić information content (AvgIpc) is 2.42. The Kier molecular flexibility index (Phi) is 4.47. The SMILES string of the molecule is CC(O)COc1c(NC(C)(C)C)n(C)c(=O)c2ccccc12. The summed E-state index contributed by atoms with van der Waals surface area (Å²) >= 11 is 0. The summed E-state index contributed by atoms with van der Waals surface area (Å²) in [5.41, 5.74) is -0.304. The van der Waals surface area contributed by atoms with Crippen LogP contribution in [0.25, 0.3) is 10.8 Å². The minimum Gasteiger partial charge on any atom is -0.486 e. The van der Waals surface area contributed by atoms with Crippen molar-refractivity contribution in [3.05, 3.63) is 34.6 Å². The summed E-state index contributed by atoms with van der Waals surface area (Å²) in [7, 11) is 1.72. The smallest absolute Gasteiger partial charge is 0.259 e. The first-order valence-corrected chi connectivity index (χ1v) is 7.41. The van der Waals surface area contributed by atoms with E-state index in [2.05, 4.69) is 5.32 Å². The highest BCUT2D eigenvalue weighted by Crippen LogP contribution is 2.33. The fourth-order valence-corrected chi connectivity index (χ4v) is 2.28. The van der Waals surface area contributed by atoms with Crippen molar-refractivity contribution in [1.29, 1.82) is 0 Å². The highest BCUT2D eigenvalue weighted by atomic mass is 16.5. The van der Waals surface area contributed by atoms with Gasteiger partial charge in [-0.3, -0.25) is 9.36 Å². The summed E-state index contributed by atoms with van der Waals surface area (Å²) in [6.07, 6.45) is -0.585. The molecule has 1 atom stereocenters. The molecule has 2 N–H and O–H groups in total. The van der Waals surface area contributed by atoms with Crippen LogP contribution in [0, 0.1) is 0 Å². The highest BCUT2D eigenvalue weighted by molar-refractivity contribution is 5.91. The Bertz CT molecular complexity index is 727. The van der Waals surface area contributed by atoms with Crippen LogP contribution in [0.1, 0.15) is 27.7 Å². The number of aliphatic hydroxyl groups excluding tert-OH is 1. The normalized spacial score (nSPS) is 13.2. The lowest BCUT2D eigenvalue weighted by Gasteiger charge is -2.26. The summed E-state index contributed by atoms with van der Waals surface area (Å²) < 4.78 is 7.38. The van der Waals surface area contributed by atoms with E-state index in [0.717, 1.165) is 5.39 Å². The number of anilines is 1. The van der Waals surface area contributed by atoms with Crippen molar-refractivity contribution in [1.82, 2.24) is 4.57 Å². The molecule has 0 fully saturated rings. The second-order valence-corrected chi connectivity index (χ2v) is 6.62. The molecule has 0 saturated carbocycles. The molecule has 2 rings (SSSR count). The van der Waals surface area contributed by atoms with E-state index in [9.17, 15) is 9.90 Å². The Morgan fingerprint density at radius 1 is 1.27 bits per heavy atom. The molecule has 1 unspecified atom stereocenters. The quantitative estimate of drug-likeness (QED) is 0.911. The van der Waals surface area contributed by atoms with Crippen LogP contribution in [0.3, 0.4) is 0 Å². The van der Waals surface area contributed by atoms with Crippen LogP contribution in [0.2, 0.25) is 0 Å². The second-order valence-electron chi connectivity index (χ2n) is 6.62. The number of benzene rings is 1. The van der Waals surface area contributed by atoms with Gasteiger partial charge < -0.3 is 15.2 Å². The summed E-state index contributed by atoms with van der Waals surface area (Å²) in [6.45, 7) is 7.89. The van der Waals surface area contributed by atoms with E-state index in [1.807, 2.05) is 39.0 Å². The van der Waals surface area contributed by atoms with Crippen LogP contribution in [0.15, 0.2) is 29.1 Å². The zero-order valence-electron chi connectivity index (χ0n) is 13.8. The van der Waals surface area contributed by atoms with Crippen molar-refractivity contribution in [3.8, 4) is 5.75 Å². The molecular formula is C17H24N2O3. The van der Waals surface area contributed by atoms with Gasteiger partial charge in [-0.25, -0.2) is 0 Å². The van der Waals surface area contributed by atoms with Crippen molar-refractivity contribution < 1.29 is 9.84 Å². The summed E-state index contributed by atoms with van der Waals surface area (Å²) in [4.78, 5) is 12.5. The van der Waals surface area contributed by atoms with E-state index in [-0.39, 0.29) is 17.7 Å². The minimum atomic E-state index is -0.585. The lowest BCUT2D eigenvalue weighted by atomic mass is 10.1. The Balaban J connectivity index is 2.71. The number of rotatable bonds is 4. The maximum Gasteiger partial charge on any atom is 0.259 e. The third-order valence-electron chi connectivity index (χ3n) is 3.22. The van der Waals surface area contributed by atoms with Gasteiger partial charge in [0.2, 0.25) is 0 Å². The number of hydrogen-bond donors (Lipinski definition) is 2. The van der Waals surface area contributed by atoms with Crippen LogP contribution in [-0.4, -0.2) is 27.9 Å². The molecule has 22 heavy (non-hydrogen) atoms. The van der Waals surface area contributed by atoms with Gasteiger partial charge in [0.25, 0.3) is 5.56 Å².